The van der Waals surface area contributed by atoms with Crippen molar-refractivity contribution in [3.8, 4) is 11.1 Å². The van der Waals surface area contributed by atoms with Gasteiger partial charge in [-0.1, -0.05) is 29.8 Å². The zero-order chi connectivity index (χ0) is 25.6. The van der Waals surface area contributed by atoms with E-state index in [2.05, 4.69) is 4.98 Å². The number of para-hydroxylation sites is 1. The number of likely N-dealkylation sites (tertiary alicyclic amines) is 1. The number of halogens is 4. The van der Waals surface area contributed by atoms with E-state index in [4.69, 9.17) is 16.0 Å². The van der Waals surface area contributed by atoms with Crippen LogP contribution < -0.4 is 4.90 Å². The Labute approximate surface area is 208 Å². The molecule has 1 saturated heterocycles. The second-order valence-corrected chi connectivity index (χ2v) is 8.87. The van der Waals surface area contributed by atoms with Crippen LogP contribution in [0.25, 0.3) is 16.8 Å². The number of aromatic nitrogens is 2. The number of imidazole rings is 1. The van der Waals surface area contributed by atoms with Gasteiger partial charge < -0.3 is 14.2 Å². The Bertz CT molecular complexity index is 1430. The van der Waals surface area contributed by atoms with Crippen LogP contribution >= 0.6 is 11.6 Å². The third-order valence-corrected chi connectivity index (χ3v) is 6.57. The van der Waals surface area contributed by atoms with Gasteiger partial charge in [-0.3, -0.25) is 14.0 Å². The molecule has 0 saturated carbocycles. The van der Waals surface area contributed by atoms with E-state index in [1.54, 1.807) is 17.0 Å². The molecule has 2 amide bonds. The number of carbonyl (C=O) groups excluding carboxylic acids is 2. The molecule has 11 heteroatoms. The first kappa shape index (κ1) is 23.9. The van der Waals surface area contributed by atoms with Crippen LogP contribution in [0.5, 0.6) is 0 Å². The van der Waals surface area contributed by atoms with Gasteiger partial charge in [-0.05, 0) is 30.7 Å². The number of hydrogen-bond donors (Lipinski definition) is 0. The normalized spacial score (nSPS) is 16.0. The van der Waals surface area contributed by atoms with Gasteiger partial charge in [0, 0.05) is 43.0 Å². The fourth-order valence-corrected chi connectivity index (χ4v) is 4.83. The summed E-state index contributed by atoms with van der Waals surface area (Å²) in [5, 5.41) is -0.222. The molecule has 4 aromatic rings. The Morgan fingerprint density at radius 2 is 1.92 bits per heavy atom. The Balaban J connectivity index is 1.49. The van der Waals surface area contributed by atoms with Crippen molar-refractivity contribution >= 4 is 34.7 Å². The molecule has 1 atom stereocenters. The van der Waals surface area contributed by atoms with E-state index in [-0.39, 0.29) is 34.9 Å². The van der Waals surface area contributed by atoms with E-state index in [1.807, 2.05) is 18.2 Å². The number of pyridine rings is 1. The summed E-state index contributed by atoms with van der Waals surface area (Å²) >= 11 is 6.43. The van der Waals surface area contributed by atoms with Crippen LogP contribution in [0.2, 0.25) is 5.15 Å². The largest absolute Gasteiger partial charge is 0.472 e. The lowest BCUT2D eigenvalue weighted by molar-refractivity contribution is -0.136. The third kappa shape index (κ3) is 4.21. The molecule has 4 heterocycles. The maximum absolute atomic E-state index is 13.9. The fraction of sp³-hybridized carbons (Fsp3) is 0.240. The summed E-state index contributed by atoms with van der Waals surface area (Å²) in [5.41, 5.74) is -0.421. The van der Waals surface area contributed by atoms with Gasteiger partial charge in [-0.15, -0.1) is 0 Å². The van der Waals surface area contributed by atoms with Gasteiger partial charge >= 0.3 is 6.18 Å². The zero-order valence-electron chi connectivity index (χ0n) is 19.0. The highest BCUT2D eigenvalue weighted by molar-refractivity contribution is 6.33. The highest BCUT2D eigenvalue weighted by Crippen LogP contribution is 2.37. The van der Waals surface area contributed by atoms with Crippen LogP contribution in [0.4, 0.5) is 18.9 Å². The maximum Gasteiger partial charge on any atom is 0.420 e. The summed E-state index contributed by atoms with van der Waals surface area (Å²) in [7, 11) is 0. The van der Waals surface area contributed by atoms with Gasteiger partial charge in [-0.2, -0.15) is 13.2 Å². The van der Waals surface area contributed by atoms with Crippen molar-refractivity contribution in [2.45, 2.75) is 25.6 Å². The van der Waals surface area contributed by atoms with Crippen molar-refractivity contribution in [1.82, 2.24) is 14.3 Å². The molecule has 1 fully saturated rings. The van der Waals surface area contributed by atoms with Crippen molar-refractivity contribution in [1.29, 1.82) is 0 Å². The number of nitrogens with zero attached hydrogens (tertiary/aromatic N) is 4. The van der Waals surface area contributed by atoms with Crippen LogP contribution in [0.1, 0.15) is 29.4 Å². The Hall–Kier alpha value is -3.79. The monoisotopic (exact) mass is 516 g/mol. The average molecular weight is 517 g/mol. The van der Waals surface area contributed by atoms with Crippen LogP contribution in [0.15, 0.2) is 65.6 Å². The smallest absolute Gasteiger partial charge is 0.420 e. The summed E-state index contributed by atoms with van der Waals surface area (Å²) < 4.78 is 47.8. The number of amides is 2. The number of furan rings is 1. The Morgan fingerprint density at radius 3 is 2.56 bits per heavy atom. The van der Waals surface area contributed by atoms with Crippen molar-refractivity contribution < 1.29 is 27.2 Å². The highest BCUT2D eigenvalue weighted by Gasteiger charge is 2.38. The highest BCUT2D eigenvalue weighted by atomic mass is 35.5. The number of anilines is 1. The van der Waals surface area contributed by atoms with E-state index in [9.17, 15) is 22.8 Å². The van der Waals surface area contributed by atoms with E-state index in [0.29, 0.717) is 24.2 Å². The lowest BCUT2D eigenvalue weighted by atomic mass is 10.1. The Kier molecular flexibility index (Phi) is 5.99. The zero-order valence-corrected chi connectivity index (χ0v) is 19.8. The van der Waals surface area contributed by atoms with Crippen LogP contribution in [-0.2, 0) is 11.0 Å². The molecule has 1 aromatic carbocycles. The molecule has 186 valence electrons. The average Bonchev–Trinajstić information content (AvgIpc) is 3.59. The lowest BCUT2D eigenvalue weighted by Crippen LogP contribution is -2.42. The second-order valence-electron chi connectivity index (χ2n) is 8.52. The summed E-state index contributed by atoms with van der Waals surface area (Å²) in [6, 6.07) is 11.3. The molecule has 1 unspecified atom stereocenters. The maximum atomic E-state index is 13.9. The molecule has 0 bridgehead atoms. The lowest BCUT2D eigenvalue weighted by Gasteiger charge is -2.28. The van der Waals surface area contributed by atoms with Crippen molar-refractivity contribution in [3.05, 3.63) is 77.6 Å². The molecule has 1 aliphatic heterocycles. The van der Waals surface area contributed by atoms with Crippen LogP contribution in [0.3, 0.4) is 0 Å². The van der Waals surface area contributed by atoms with Gasteiger partial charge in [0.15, 0.2) is 11.3 Å². The summed E-state index contributed by atoms with van der Waals surface area (Å²) in [4.78, 5) is 32.8. The number of fused-ring (bicyclic) bond motifs is 1. The van der Waals surface area contributed by atoms with Crippen molar-refractivity contribution in [3.63, 3.8) is 0 Å². The van der Waals surface area contributed by atoms with Crippen molar-refractivity contribution in [2.24, 2.45) is 0 Å². The van der Waals surface area contributed by atoms with Crippen LogP contribution in [-0.4, -0.2) is 45.2 Å². The minimum absolute atomic E-state index is 0.173. The molecule has 0 aliphatic carbocycles. The minimum Gasteiger partial charge on any atom is -0.472 e. The minimum atomic E-state index is -4.73. The van der Waals surface area contributed by atoms with Gasteiger partial charge in [-0.25, -0.2) is 4.98 Å². The molecule has 0 N–H and O–H groups in total. The van der Waals surface area contributed by atoms with E-state index in [1.165, 1.54) is 36.6 Å². The molecular formula is C25H20ClF3N4O3. The number of alkyl halides is 3. The molecule has 7 nitrogen and oxygen atoms in total. The summed E-state index contributed by atoms with van der Waals surface area (Å²) in [5.74, 6) is -0.770. The Morgan fingerprint density at radius 1 is 1.17 bits per heavy atom. The first-order chi connectivity index (χ1) is 17.1. The number of benzene rings is 1. The molecular weight excluding hydrogens is 497 g/mol. The third-order valence-electron chi connectivity index (χ3n) is 6.21. The SMILES string of the molecule is CC(=O)N(c1ccccc1)C1CCN(C(=O)c2nc3c(C(F)(F)F)cc(-c4ccoc4)cn3c2Cl)C1. The fourth-order valence-electron chi connectivity index (χ4n) is 4.57. The van der Waals surface area contributed by atoms with Crippen molar-refractivity contribution in [2.75, 3.05) is 18.0 Å². The number of hydrogen-bond acceptors (Lipinski definition) is 4. The summed E-state index contributed by atoms with van der Waals surface area (Å²) in [6.45, 7) is 1.95. The summed E-state index contributed by atoms with van der Waals surface area (Å²) in [6.07, 6.45) is -0.172. The molecule has 1 aliphatic rings. The van der Waals surface area contributed by atoms with Gasteiger partial charge in [0.05, 0.1) is 24.1 Å². The first-order valence-electron chi connectivity index (χ1n) is 11.1. The topological polar surface area (TPSA) is 71.1 Å². The van der Waals surface area contributed by atoms with E-state index >= 15 is 0 Å². The first-order valence-corrected chi connectivity index (χ1v) is 11.5. The molecule has 0 spiro atoms. The number of carbonyl (C=O) groups is 2. The van der Waals surface area contributed by atoms with E-state index in [0.717, 1.165) is 10.5 Å². The molecule has 5 rings (SSSR count). The molecule has 3 aromatic heterocycles. The second kappa shape index (κ2) is 9.02. The predicted molar refractivity (Wildman–Crippen MR) is 127 cm³/mol. The standard InChI is InChI=1S/C25H20ClF3N4O3/c1-15(34)33(18-5-3-2-4-6-18)19-7-9-31(13-19)24(35)21-22(26)32-12-17(16-8-10-36-14-16)11-20(23(32)30-21)25(27,28)29/h2-6,8,10-12,14,19H,7,9,13H2,1H3. The quantitative estimate of drug-likeness (QED) is 0.357. The molecule has 0 radical (unpaired) electrons. The van der Waals surface area contributed by atoms with Gasteiger partial charge in [0.25, 0.3) is 5.91 Å². The number of rotatable bonds is 4. The molecule has 36 heavy (non-hydrogen) atoms. The predicted octanol–water partition coefficient (Wildman–Crippen LogP) is 5.53. The van der Waals surface area contributed by atoms with Gasteiger partial charge in [0.2, 0.25) is 5.91 Å². The van der Waals surface area contributed by atoms with Gasteiger partial charge in [0.1, 0.15) is 5.15 Å². The van der Waals surface area contributed by atoms with Crippen LogP contribution in [0, 0.1) is 0 Å². The van der Waals surface area contributed by atoms with E-state index < -0.39 is 23.3 Å².